The van der Waals surface area contributed by atoms with Crippen molar-refractivity contribution in [2.75, 3.05) is 5.43 Å². The number of amides is 3. The number of rotatable bonds is 8. The second-order valence-corrected chi connectivity index (χ2v) is 7.44. The maximum absolute atomic E-state index is 12.8. The number of hydrogen-bond donors (Lipinski definition) is 2. The highest BCUT2D eigenvalue weighted by Crippen LogP contribution is 2.28. The first-order valence-corrected chi connectivity index (χ1v) is 9.54. The van der Waals surface area contributed by atoms with Crippen LogP contribution in [0.15, 0.2) is 17.8 Å². The summed E-state index contributed by atoms with van der Waals surface area (Å²) < 4.78 is 0. The van der Waals surface area contributed by atoms with Gasteiger partial charge in [-0.15, -0.1) is 11.3 Å². The van der Waals surface area contributed by atoms with E-state index in [2.05, 4.69) is 27.6 Å². The average Bonchev–Trinajstić information content (AvgIpc) is 3.15. The molecule has 1 fully saturated rings. The fraction of sp³-hybridized carbons (Fsp3) is 0.529. The third-order valence-electron chi connectivity index (χ3n) is 4.52. The summed E-state index contributed by atoms with van der Waals surface area (Å²) in [5.74, 6) is 0.192. The van der Waals surface area contributed by atoms with Crippen molar-refractivity contribution in [1.29, 1.82) is 0 Å². The molecule has 3 amide bonds. The number of carbonyl (C=O) groups excluding carboxylic acids is 2. The summed E-state index contributed by atoms with van der Waals surface area (Å²) in [6.07, 6.45) is 7.59. The largest absolute Gasteiger partial charge is 0.344 e. The number of hydrazine groups is 1. The standard InChI is InChI=1S/C17H23N5O2S/c1-3-4-5-6-7-9-17(2)15(23)22(16(24)20-17)21-13-12-8-10-25-14(12)19-11-18-13/h8,10-11H,3-7,9H2,1-2H3,(H,20,24)(H,18,19,21)/t17-/m0/s1. The third-order valence-corrected chi connectivity index (χ3v) is 5.34. The van der Waals surface area contributed by atoms with Crippen LogP contribution in [0.5, 0.6) is 0 Å². The number of aromatic nitrogens is 2. The zero-order valence-corrected chi connectivity index (χ0v) is 15.4. The van der Waals surface area contributed by atoms with E-state index in [9.17, 15) is 9.59 Å². The number of nitrogens with zero attached hydrogens (tertiary/aromatic N) is 3. The molecule has 0 aromatic carbocycles. The van der Waals surface area contributed by atoms with Gasteiger partial charge in [0.15, 0.2) is 5.82 Å². The predicted molar refractivity (Wildman–Crippen MR) is 98.2 cm³/mol. The molecule has 25 heavy (non-hydrogen) atoms. The molecule has 0 aliphatic carbocycles. The molecule has 1 saturated heterocycles. The maximum atomic E-state index is 12.8. The van der Waals surface area contributed by atoms with Gasteiger partial charge in [0.05, 0.1) is 5.39 Å². The molecule has 3 heterocycles. The number of urea groups is 1. The van der Waals surface area contributed by atoms with E-state index in [0.717, 1.165) is 34.5 Å². The van der Waals surface area contributed by atoms with Gasteiger partial charge in [0.2, 0.25) is 0 Å². The zero-order valence-electron chi connectivity index (χ0n) is 14.5. The minimum Gasteiger partial charge on any atom is -0.322 e. The smallest absolute Gasteiger partial charge is 0.322 e. The first kappa shape index (κ1) is 17.6. The number of anilines is 1. The molecular weight excluding hydrogens is 338 g/mol. The number of hydrogen-bond acceptors (Lipinski definition) is 6. The summed E-state index contributed by atoms with van der Waals surface area (Å²) in [5, 5.41) is 6.54. The third kappa shape index (κ3) is 3.58. The lowest BCUT2D eigenvalue weighted by Crippen LogP contribution is -2.44. The molecule has 0 radical (unpaired) electrons. The topological polar surface area (TPSA) is 87.2 Å². The number of fused-ring (bicyclic) bond motifs is 1. The van der Waals surface area contributed by atoms with Gasteiger partial charge in [-0.3, -0.25) is 10.2 Å². The van der Waals surface area contributed by atoms with E-state index in [0.29, 0.717) is 12.2 Å². The summed E-state index contributed by atoms with van der Waals surface area (Å²) in [6, 6.07) is 1.43. The molecule has 134 valence electrons. The van der Waals surface area contributed by atoms with Crippen molar-refractivity contribution in [2.45, 2.75) is 57.9 Å². The van der Waals surface area contributed by atoms with Crippen LogP contribution in [0.4, 0.5) is 10.6 Å². The van der Waals surface area contributed by atoms with Gasteiger partial charge in [-0.25, -0.2) is 14.8 Å². The van der Waals surface area contributed by atoms with Crippen LogP contribution in [0.3, 0.4) is 0 Å². The van der Waals surface area contributed by atoms with E-state index in [1.165, 1.54) is 30.5 Å². The van der Waals surface area contributed by atoms with Crippen molar-refractivity contribution in [1.82, 2.24) is 20.3 Å². The van der Waals surface area contributed by atoms with Crippen LogP contribution in [0.2, 0.25) is 0 Å². The predicted octanol–water partition coefficient (Wildman–Crippen LogP) is 3.69. The molecule has 0 spiro atoms. The number of carbonyl (C=O) groups is 2. The van der Waals surface area contributed by atoms with Gasteiger partial charge in [0.25, 0.3) is 5.91 Å². The van der Waals surface area contributed by atoms with Gasteiger partial charge in [0, 0.05) is 0 Å². The molecule has 2 aromatic heterocycles. The molecule has 1 aliphatic rings. The Bertz CT molecular complexity index is 777. The van der Waals surface area contributed by atoms with E-state index in [4.69, 9.17) is 0 Å². The molecule has 0 unspecified atom stereocenters. The Kier molecular flexibility index (Phi) is 5.17. The van der Waals surface area contributed by atoms with Crippen molar-refractivity contribution in [3.05, 3.63) is 17.8 Å². The Labute approximate surface area is 150 Å². The highest BCUT2D eigenvalue weighted by atomic mass is 32.1. The van der Waals surface area contributed by atoms with Crippen LogP contribution in [-0.2, 0) is 4.79 Å². The van der Waals surface area contributed by atoms with Crippen LogP contribution in [-0.4, -0.2) is 32.5 Å². The van der Waals surface area contributed by atoms with Gasteiger partial charge < -0.3 is 5.32 Å². The Hall–Kier alpha value is -2.22. The minimum absolute atomic E-state index is 0.269. The Morgan fingerprint density at radius 3 is 2.84 bits per heavy atom. The Morgan fingerprint density at radius 2 is 2.04 bits per heavy atom. The van der Waals surface area contributed by atoms with Crippen LogP contribution in [0, 0.1) is 0 Å². The van der Waals surface area contributed by atoms with Crippen molar-refractivity contribution in [2.24, 2.45) is 0 Å². The quantitative estimate of drug-likeness (QED) is 0.553. The van der Waals surface area contributed by atoms with Crippen LogP contribution < -0.4 is 10.7 Å². The summed E-state index contributed by atoms with van der Waals surface area (Å²) in [5.41, 5.74) is 2.00. The lowest BCUT2D eigenvalue weighted by atomic mass is 9.94. The second-order valence-electron chi connectivity index (χ2n) is 6.54. The van der Waals surface area contributed by atoms with Crippen LogP contribution in [0.25, 0.3) is 10.2 Å². The van der Waals surface area contributed by atoms with E-state index >= 15 is 0 Å². The van der Waals surface area contributed by atoms with E-state index in [1.54, 1.807) is 6.92 Å². The molecule has 7 nitrogen and oxygen atoms in total. The Balaban J connectivity index is 1.68. The monoisotopic (exact) mass is 361 g/mol. The van der Waals surface area contributed by atoms with Gasteiger partial charge in [-0.05, 0) is 24.8 Å². The summed E-state index contributed by atoms with van der Waals surface area (Å²) in [6.45, 7) is 3.96. The molecule has 2 aromatic rings. The number of imide groups is 1. The number of thiophene rings is 1. The molecule has 1 atom stereocenters. The number of unbranched alkanes of at least 4 members (excludes halogenated alkanes) is 4. The van der Waals surface area contributed by atoms with Crippen molar-refractivity contribution in [3.63, 3.8) is 0 Å². The van der Waals surface area contributed by atoms with Crippen molar-refractivity contribution >= 4 is 39.3 Å². The van der Waals surface area contributed by atoms with Crippen molar-refractivity contribution < 1.29 is 9.59 Å². The van der Waals surface area contributed by atoms with Gasteiger partial charge >= 0.3 is 6.03 Å². The van der Waals surface area contributed by atoms with Gasteiger partial charge in [-0.1, -0.05) is 39.0 Å². The Morgan fingerprint density at radius 1 is 1.24 bits per heavy atom. The van der Waals surface area contributed by atoms with E-state index < -0.39 is 11.6 Å². The highest BCUT2D eigenvalue weighted by Gasteiger charge is 2.48. The summed E-state index contributed by atoms with van der Waals surface area (Å²) in [4.78, 5) is 34.2. The average molecular weight is 361 g/mol. The zero-order chi connectivity index (χ0) is 17.9. The fourth-order valence-corrected chi connectivity index (χ4v) is 3.76. The molecule has 8 heteroatoms. The normalized spacial score (nSPS) is 20.3. The fourth-order valence-electron chi connectivity index (χ4n) is 3.02. The maximum Gasteiger partial charge on any atom is 0.344 e. The van der Waals surface area contributed by atoms with Gasteiger partial charge in [-0.2, -0.15) is 5.01 Å². The lowest BCUT2D eigenvalue weighted by molar-refractivity contribution is -0.130. The summed E-state index contributed by atoms with van der Waals surface area (Å²) in [7, 11) is 0. The van der Waals surface area contributed by atoms with E-state index in [1.807, 2.05) is 11.4 Å². The van der Waals surface area contributed by atoms with Crippen LogP contribution >= 0.6 is 11.3 Å². The van der Waals surface area contributed by atoms with Gasteiger partial charge in [0.1, 0.15) is 16.7 Å². The first-order valence-electron chi connectivity index (χ1n) is 8.67. The molecule has 0 saturated carbocycles. The SMILES string of the molecule is CCCCCCC[C@]1(C)NC(=O)N(Nc2ncnc3sccc23)C1=O. The van der Waals surface area contributed by atoms with E-state index in [-0.39, 0.29) is 5.91 Å². The second kappa shape index (κ2) is 7.35. The molecule has 2 N–H and O–H groups in total. The molecule has 0 bridgehead atoms. The number of nitrogens with one attached hydrogen (secondary N) is 2. The molecule has 3 rings (SSSR count). The molecule has 1 aliphatic heterocycles. The molecular formula is C17H23N5O2S. The van der Waals surface area contributed by atoms with Crippen LogP contribution in [0.1, 0.15) is 52.4 Å². The highest BCUT2D eigenvalue weighted by molar-refractivity contribution is 7.16. The summed E-state index contributed by atoms with van der Waals surface area (Å²) >= 11 is 1.48. The first-order chi connectivity index (χ1) is 12.0. The van der Waals surface area contributed by atoms with Crippen molar-refractivity contribution in [3.8, 4) is 0 Å². The lowest BCUT2D eigenvalue weighted by Gasteiger charge is -2.21. The minimum atomic E-state index is -0.864.